The molecule has 0 radical (unpaired) electrons. The summed E-state index contributed by atoms with van der Waals surface area (Å²) in [6.07, 6.45) is 9.39. The number of ether oxygens (including phenoxy) is 1. The van der Waals surface area contributed by atoms with Gasteiger partial charge in [0.1, 0.15) is 11.5 Å². The molecule has 130 valence electrons. The van der Waals surface area contributed by atoms with Gasteiger partial charge in [-0.15, -0.1) is 0 Å². The number of hydrogen-bond donors (Lipinski definition) is 1. The third kappa shape index (κ3) is 4.72. The second-order valence-electron chi connectivity index (χ2n) is 6.57. The number of ketones is 1. The van der Waals surface area contributed by atoms with Crippen molar-refractivity contribution in [1.29, 1.82) is 0 Å². The van der Waals surface area contributed by atoms with Gasteiger partial charge in [0.05, 0.1) is 12.2 Å². The smallest absolute Gasteiger partial charge is 0.185 e. The largest absolute Gasteiger partial charge is 0.507 e. The molecule has 1 aliphatic carbocycles. The van der Waals surface area contributed by atoms with Crippen LogP contribution in [-0.2, 0) is 0 Å². The summed E-state index contributed by atoms with van der Waals surface area (Å²) in [6.45, 7) is 0.664. The van der Waals surface area contributed by atoms with Crippen molar-refractivity contribution >= 4 is 11.9 Å². The van der Waals surface area contributed by atoms with Gasteiger partial charge in [-0.3, -0.25) is 4.79 Å². The van der Waals surface area contributed by atoms with E-state index in [-0.39, 0.29) is 11.5 Å². The molecule has 3 heteroatoms. The number of phenols is 1. The molecule has 0 amide bonds. The average molecular weight is 336 g/mol. The van der Waals surface area contributed by atoms with Crippen molar-refractivity contribution in [2.75, 3.05) is 6.61 Å². The zero-order valence-corrected chi connectivity index (χ0v) is 14.4. The fourth-order valence-corrected chi connectivity index (χ4v) is 3.24. The van der Waals surface area contributed by atoms with Crippen LogP contribution >= 0.6 is 0 Å². The number of phenolic OH excluding ortho intramolecular Hbond substituents is 1. The molecule has 0 bridgehead atoms. The van der Waals surface area contributed by atoms with Gasteiger partial charge >= 0.3 is 0 Å². The van der Waals surface area contributed by atoms with E-state index in [1.807, 2.05) is 24.3 Å². The van der Waals surface area contributed by atoms with Crippen LogP contribution in [0.5, 0.6) is 11.5 Å². The Morgan fingerprint density at radius 3 is 2.56 bits per heavy atom. The van der Waals surface area contributed by atoms with Gasteiger partial charge in [-0.25, -0.2) is 0 Å². The van der Waals surface area contributed by atoms with Crippen molar-refractivity contribution in [3.8, 4) is 11.5 Å². The predicted molar refractivity (Wildman–Crippen MR) is 100.0 cm³/mol. The highest BCUT2D eigenvalue weighted by Gasteiger charge is 2.15. The second kappa shape index (κ2) is 8.52. The lowest BCUT2D eigenvalue weighted by molar-refractivity contribution is 0.104. The Balaban J connectivity index is 1.71. The molecule has 1 fully saturated rings. The first-order chi connectivity index (χ1) is 12.2. The minimum atomic E-state index is -0.0953. The van der Waals surface area contributed by atoms with Gasteiger partial charge in [-0.05, 0) is 43.0 Å². The zero-order valence-electron chi connectivity index (χ0n) is 14.4. The number of aromatic hydroxyl groups is 1. The molecule has 0 spiro atoms. The summed E-state index contributed by atoms with van der Waals surface area (Å²) in [6, 6.07) is 14.3. The van der Waals surface area contributed by atoms with E-state index in [0.29, 0.717) is 29.4 Å². The van der Waals surface area contributed by atoms with Gasteiger partial charge in [0.25, 0.3) is 0 Å². The SMILES string of the molecule is O=C(/C=C/c1c(O)cccc1OCC1CCCCC1)c1ccccc1. The van der Waals surface area contributed by atoms with E-state index in [2.05, 4.69) is 0 Å². The molecule has 2 aromatic rings. The van der Waals surface area contributed by atoms with E-state index in [0.717, 1.165) is 0 Å². The lowest BCUT2D eigenvalue weighted by Gasteiger charge is -2.22. The van der Waals surface area contributed by atoms with Crippen molar-refractivity contribution in [1.82, 2.24) is 0 Å². The molecule has 1 N–H and O–H groups in total. The highest BCUT2D eigenvalue weighted by Crippen LogP contribution is 2.31. The Labute approximate surface area is 149 Å². The molecular formula is C22H24O3. The highest BCUT2D eigenvalue weighted by molar-refractivity contribution is 6.07. The van der Waals surface area contributed by atoms with Crippen LogP contribution in [0.1, 0.15) is 48.0 Å². The van der Waals surface area contributed by atoms with E-state index in [4.69, 9.17) is 4.74 Å². The molecule has 0 heterocycles. The Hall–Kier alpha value is -2.55. The molecule has 25 heavy (non-hydrogen) atoms. The Bertz CT molecular complexity index is 728. The van der Waals surface area contributed by atoms with Gasteiger partial charge in [-0.2, -0.15) is 0 Å². The minimum absolute atomic E-state index is 0.0953. The Kier molecular flexibility index (Phi) is 5.89. The van der Waals surface area contributed by atoms with Crippen LogP contribution in [0.4, 0.5) is 0 Å². The first-order valence-corrected chi connectivity index (χ1v) is 8.96. The molecule has 3 nitrogen and oxygen atoms in total. The van der Waals surface area contributed by atoms with Crippen LogP contribution in [-0.4, -0.2) is 17.5 Å². The van der Waals surface area contributed by atoms with Crippen LogP contribution < -0.4 is 4.74 Å². The number of carbonyl (C=O) groups excluding carboxylic acids is 1. The average Bonchev–Trinajstić information content (AvgIpc) is 2.67. The maximum Gasteiger partial charge on any atom is 0.185 e. The van der Waals surface area contributed by atoms with Gasteiger partial charge in [0, 0.05) is 5.56 Å². The normalized spacial score (nSPS) is 15.4. The van der Waals surface area contributed by atoms with Gasteiger partial charge in [0.2, 0.25) is 0 Å². The number of benzene rings is 2. The van der Waals surface area contributed by atoms with Crippen molar-refractivity contribution in [2.24, 2.45) is 5.92 Å². The highest BCUT2D eigenvalue weighted by atomic mass is 16.5. The summed E-state index contributed by atoms with van der Waals surface area (Å²) < 4.78 is 5.97. The van der Waals surface area contributed by atoms with Crippen molar-refractivity contribution in [3.05, 3.63) is 65.7 Å². The summed E-state index contributed by atoms with van der Waals surface area (Å²) in [5.41, 5.74) is 1.18. The zero-order chi connectivity index (χ0) is 17.5. The molecule has 3 rings (SSSR count). The maximum absolute atomic E-state index is 12.2. The monoisotopic (exact) mass is 336 g/mol. The molecule has 1 aliphatic rings. The summed E-state index contributed by atoms with van der Waals surface area (Å²) in [7, 11) is 0. The van der Waals surface area contributed by atoms with Crippen LogP contribution in [0.15, 0.2) is 54.6 Å². The number of carbonyl (C=O) groups is 1. The second-order valence-corrected chi connectivity index (χ2v) is 6.57. The quantitative estimate of drug-likeness (QED) is 0.579. The lowest BCUT2D eigenvalue weighted by atomic mass is 9.90. The molecule has 0 aliphatic heterocycles. The molecule has 2 aromatic carbocycles. The Morgan fingerprint density at radius 1 is 1.04 bits per heavy atom. The summed E-state index contributed by atoms with van der Waals surface area (Å²) >= 11 is 0. The van der Waals surface area contributed by atoms with E-state index in [1.54, 1.807) is 30.3 Å². The fourth-order valence-electron chi connectivity index (χ4n) is 3.24. The first-order valence-electron chi connectivity index (χ1n) is 8.96. The fraction of sp³-hybridized carbons (Fsp3) is 0.318. The summed E-state index contributed by atoms with van der Waals surface area (Å²) in [5.74, 6) is 1.24. The lowest BCUT2D eigenvalue weighted by Crippen LogP contribution is -2.15. The molecule has 0 atom stereocenters. The molecule has 0 saturated heterocycles. The van der Waals surface area contributed by atoms with Crippen molar-refractivity contribution < 1.29 is 14.6 Å². The maximum atomic E-state index is 12.2. The van der Waals surface area contributed by atoms with Crippen LogP contribution in [0.2, 0.25) is 0 Å². The van der Waals surface area contributed by atoms with Crippen LogP contribution in [0.3, 0.4) is 0 Å². The van der Waals surface area contributed by atoms with Gasteiger partial charge in [0.15, 0.2) is 5.78 Å². The van der Waals surface area contributed by atoms with Gasteiger partial charge in [-0.1, -0.05) is 55.7 Å². The third-order valence-electron chi connectivity index (χ3n) is 4.70. The van der Waals surface area contributed by atoms with E-state index in [9.17, 15) is 9.90 Å². The van der Waals surface area contributed by atoms with Crippen LogP contribution in [0, 0.1) is 5.92 Å². The van der Waals surface area contributed by atoms with Crippen molar-refractivity contribution in [2.45, 2.75) is 32.1 Å². The Morgan fingerprint density at radius 2 is 1.80 bits per heavy atom. The van der Waals surface area contributed by atoms with Crippen molar-refractivity contribution in [3.63, 3.8) is 0 Å². The van der Waals surface area contributed by atoms with E-state index >= 15 is 0 Å². The molecule has 0 aromatic heterocycles. The minimum Gasteiger partial charge on any atom is -0.507 e. The van der Waals surface area contributed by atoms with Crippen LogP contribution in [0.25, 0.3) is 6.08 Å². The first kappa shape index (κ1) is 17.3. The van der Waals surface area contributed by atoms with Gasteiger partial charge < -0.3 is 9.84 Å². The molecule has 0 unspecified atom stereocenters. The topological polar surface area (TPSA) is 46.5 Å². The standard InChI is InChI=1S/C22H24O3/c23-20(18-10-5-2-6-11-18)15-14-19-21(24)12-7-13-22(19)25-16-17-8-3-1-4-9-17/h2,5-7,10-15,17,24H,1,3-4,8-9,16H2/b15-14+. The summed E-state index contributed by atoms with van der Waals surface area (Å²) in [4.78, 5) is 12.2. The number of allylic oxidation sites excluding steroid dienone is 1. The predicted octanol–water partition coefficient (Wildman–Crippen LogP) is 5.25. The van der Waals surface area contributed by atoms with E-state index < -0.39 is 0 Å². The summed E-state index contributed by atoms with van der Waals surface area (Å²) in [5, 5.41) is 10.2. The number of hydrogen-bond acceptors (Lipinski definition) is 3. The third-order valence-corrected chi connectivity index (χ3v) is 4.70. The number of rotatable bonds is 6. The molecule has 1 saturated carbocycles. The van der Waals surface area contributed by atoms with E-state index in [1.165, 1.54) is 38.2 Å². The molecular weight excluding hydrogens is 312 g/mol.